The second-order valence-electron chi connectivity index (χ2n) is 7.38. The SMILES string of the molecule is C[C@H]1C[NH+](Cc2c(O)ccc3c(=O)c(-c4ccccc4)coc23)C[C@H](C)O1. The van der Waals surface area contributed by atoms with Crippen molar-refractivity contribution in [3.63, 3.8) is 0 Å². The summed E-state index contributed by atoms with van der Waals surface area (Å²) in [5.41, 5.74) is 2.42. The van der Waals surface area contributed by atoms with Crippen molar-refractivity contribution in [3.8, 4) is 16.9 Å². The van der Waals surface area contributed by atoms with Crippen LogP contribution in [-0.4, -0.2) is 30.4 Å². The molecule has 5 heteroatoms. The van der Waals surface area contributed by atoms with Gasteiger partial charge in [-0.1, -0.05) is 30.3 Å². The first-order valence-corrected chi connectivity index (χ1v) is 9.33. The number of aromatic hydroxyl groups is 1. The minimum Gasteiger partial charge on any atom is -0.507 e. The Morgan fingerprint density at radius 2 is 1.78 bits per heavy atom. The summed E-state index contributed by atoms with van der Waals surface area (Å²) in [6.07, 6.45) is 1.83. The second kappa shape index (κ2) is 7.18. The quantitative estimate of drug-likeness (QED) is 0.747. The molecule has 140 valence electrons. The molecule has 0 saturated carbocycles. The van der Waals surface area contributed by atoms with E-state index in [1.165, 1.54) is 11.2 Å². The van der Waals surface area contributed by atoms with E-state index in [9.17, 15) is 9.90 Å². The molecule has 1 fully saturated rings. The van der Waals surface area contributed by atoms with E-state index < -0.39 is 0 Å². The molecule has 4 rings (SSSR count). The van der Waals surface area contributed by atoms with Crippen molar-refractivity contribution in [1.29, 1.82) is 0 Å². The average molecular weight is 366 g/mol. The van der Waals surface area contributed by atoms with Gasteiger partial charge in [-0.25, -0.2) is 0 Å². The maximum Gasteiger partial charge on any atom is 0.200 e. The Kier molecular flexibility index (Phi) is 4.72. The molecular weight excluding hydrogens is 342 g/mol. The van der Waals surface area contributed by atoms with Crippen LogP contribution in [0.4, 0.5) is 0 Å². The summed E-state index contributed by atoms with van der Waals surface area (Å²) in [4.78, 5) is 14.3. The summed E-state index contributed by atoms with van der Waals surface area (Å²) in [5, 5.41) is 10.9. The summed E-state index contributed by atoms with van der Waals surface area (Å²) in [6.45, 7) is 6.42. The number of rotatable bonds is 3. The van der Waals surface area contributed by atoms with Gasteiger partial charge in [0.2, 0.25) is 5.43 Å². The highest BCUT2D eigenvalue weighted by Gasteiger charge is 2.27. The Bertz CT molecular complexity index is 1000. The van der Waals surface area contributed by atoms with Gasteiger partial charge >= 0.3 is 0 Å². The maximum atomic E-state index is 13.0. The average Bonchev–Trinajstić information content (AvgIpc) is 2.64. The summed E-state index contributed by atoms with van der Waals surface area (Å²) in [6, 6.07) is 12.7. The van der Waals surface area contributed by atoms with E-state index in [-0.39, 0.29) is 23.4 Å². The molecule has 0 unspecified atom stereocenters. The Labute approximate surface area is 157 Å². The van der Waals surface area contributed by atoms with Crippen LogP contribution in [0.1, 0.15) is 19.4 Å². The van der Waals surface area contributed by atoms with Gasteiger partial charge in [0.25, 0.3) is 0 Å². The second-order valence-corrected chi connectivity index (χ2v) is 7.38. The number of ether oxygens (including phenoxy) is 1. The van der Waals surface area contributed by atoms with Crippen molar-refractivity contribution >= 4 is 11.0 Å². The van der Waals surface area contributed by atoms with Crippen LogP contribution in [0.5, 0.6) is 5.75 Å². The summed E-state index contributed by atoms with van der Waals surface area (Å²) < 4.78 is 11.7. The van der Waals surface area contributed by atoms with Crippen LogP contribution in [0.2, 0.25) is 0 Å². The topological polar surface area (TPSA) is 64.1 Å². The molecule has 1 aliphatic rings. The van der Waals surface area contributed by atoms with E-state index in [0.717, 1.165) is 18.7 Å². The number of hydrogen-bond donors (Lipinski definition) is 2. The largest absolute Gasteiger partial charge is 0.507 e. The van der Waals surface area contributed by atoms with Gasteiger partial charge in [0.1, 0.15) is 49.4 Å². The number of fused-ring (bicyclic) bond motifs is 1. The Morgan fingerprint density at radius 1 is 1.07 bits per heavy atom. The van der Waals surface area contributed by atoms with E-state index >= 15 is 0 Å². The smallest absolute Gasteiger partial charge is 0.200 e. The van der Waals surface area contributed by atoms with Gasteiger partial charge in [-0.2, -0.15) is 0 Å². The van der Waals surface area contributed by atoms with Crippen LogP contribution in [0.15, 0.2) is 57.9 Å². The summed E-state index contributed by atoms with van der Waals surface area (Å²) in [5.74, 6) is 0.164. The first-order valence-electron chi connectivity index (χ1n) is 9.33. The van der Waals surface area contributed by atoms with Crippen molar-refractivity contribution in [2.75, 3.05) is 13.1 Å². The molecule has 0 radical (unpaired) electrons. The van der Waals surface area contributed by atoms with E-state index in [0.29, 0.717) is 28.6 Å². The maximum absolute atomic E-state index is 13.0. The van der Waals surface area contributed by atoms with Crippen molar-refractivity contribution in [3.05, 3.63) is 64.5 Å². The lowest BCUT2D eigenvalue weighted by Gasteiger charge is -2.32. The minimum absolute atomic E-state index is 0.0811. The fourth-order valence-corrected chi connectivity index (χ4v) is 4.02. The fraction of sp³-hybridized carbons (Fsp3) is 0.318. The van der Waals surface area contributed by atoms with Gasteiger partial charge in [-0.05, 0) is 31.5 Å². The molecule has 0 aliphatic carbocycles. The van der Waals surface area contributed by atoms with Crippen molar-refractivity contribution in [2.45, 2.75) is 32.6 Å². The zero-order valence-electron chi connectivity index (χ0n) is 15.6. The lowest BCUT2D eigenvalue weighted by molar-refractivity contribution is -0.928. The fourth-order valence-electron chi connectivity index (χ4n) is 4.02. The Hall–Kier alpha value is -2.63. The van der Waals surface area contributed by atoms with Gasteiger partial charge in [0, 0.05) is 0 Å². The molecule has 0 amide bonds. The zero-order valence-corrected chi connectivity index (χ0v) is 15.6. The number of phenolic OH excluding ortho intramolecular Hbond substituents is 1. The van der Waals surface area contributed by atoms with E-state index in [1.54, 1.807) is 12.1 Å². The molecule has 3 aromatic rings. The molecule has 2 heterocycles. The van der Waals surface area contributed by atoms with Crippen molar-refractivity contribution in [1.82, 2.24) is 0 Å². The zero-order chi connectivity index (χ0) is 19.0. The number of benzene rings is 2. The third-order valence-electron chi connectivity index (χ3n) is 5.15. The molecule has 2 atom stereocenters. The molecule has 1 aliphatic heterocycles. The van der Waals surface area contributed by atoms with Crippen molar-refractivity contribution < 1.29 is 19.2 Å². The van der Waals surface area contributed by atoms with Crippen LogP contribution in [-0.2, 0) is 11.3 Å². The summed E-state index contributed by atoms with van der Waals surface area (Å²) >= 11 is 0. The third kappa shape index (κ3) is 3.48. The lowest BCUT2D eigenvalue weighted by Crippen LogP contribution is -3.14. The van der Waals surface area contributed by atoms with E-state index in [1.807, 2.05) is 30.3 Å². The van der Waals surface area contributed by atoms with Gasteiger partial charge in [0.15, 0.2) is 0 Å². The number of morpholine rings is 1. The Balaban J connectivity index is 1.76. The highest BCUT2D eigenvalue weighted by molar-refractivity contribution is 5.85. The van der Waals surface area contributed by atoms with Crippen LogP contribution >= 0.6 is 0 Å². The standard InChI is InChI=1S/C22H23NO4/c1-14-10-23(11-15(2)27-14)12-18-20(24)9-8-17-21(25)19(13-26-22(17)18)16-6-4-3-5-7-16/h3-9,13-15,24H,10-12H2,1-2H3/p+1/t14-,15-/m0/s1. The summed E-state index contributed by atoms with van der Waals surface area (Å²) in [7, 11) is 0. The molecule has 1 saturated heterocycles. The Morgan fingerprint density at radius 3 is 2.48 bits per heavy atom. The predicted molar refractivity (Wildman–Crippen MR) is 104 cm³/mol. The van der Waals surface area contributed by atoms with Gasteiger partial charge in [0.05, 0.1) is 16.5 Å². The molecule has 27 heavy (non-hydrogen) atoms. The highest BCUT2D eigenvalue weighted by Crippen LogP contribution is 2.27. The van der Waals surface area contributed by atoms with Crippen LogP contribution in [0.3, 0.4) is 0 Å². The van der Waals surface area contributed by atoms with E-state index in [2.05, 4.69) is 13.8 Å². The first kappa shape index (κ1) is 17.8. The number of quaternary nitrogens is 1. The van der Waals surface area contributed by atoms with Gasteiger partial charge in [-0.3, -0.25) is 4.79 Å². The number of hydrogen-bond acceptors (Lipinski definition) is 4. The molecule has 2 N–H and O–H groups in total. The monoisotopic (exact) mass is 366 g/mol. The molecule has 1 aromatic heterocycles. The molecular formula is C22H24NO4+. The van der Waals surface area contributed by atoms with Crippen LogP contribution in [0.25, 0.3) is 22.1 Å². The normalized spacial score (nSPS) is 22.8. The lowest BCUT2D eigenvalue weighted by atomic mass is 10.0. The van der Waals surface area contributed by atoms with Gasteiger partial charge in [-0.15, -0.1) is 0 Å². The third-order valence-corrected chi connectivity index (χ3v) is 5.15. The highest BCUT2D eigenvalue weighted by atomic mass is 16.5. The van der Waals surface area contributed by atoms with Gasteiger partial charge < -0.3 is 19.2 Å². The molecule has 0 bridgehead atoms. The van der Waals surface area contributed by atoms with E-state index in [4.69, 9.17) is 9.15 Å². The first-order chi connectivity index (χ1) is 13.0. The molecule has 2 aromatic carbocycles. The number of nitrogens with one attached hydrogen (secondary N) is 1. The van der Waals surface area contributed by atoms with Crippen LogP contribution in [0, 0.1) is 0 Å². The molecule has 5 nitrogen and oxygen atoms in total. The number of phenols is 1. The van der Waals surface area contributed by atoms with Crippen molar-refractivity contribution in [2.24, 2.45) is 0 Å². The molecule has 0 spiro atoms. The predicted octanol–water partition coefficient (Wildman–Crippen LogP) is 2.36. The van der Waals surface area contributed by atoms with Crippen LogP contribution < -0.4 is 10.3 Å². The minimum atomic E-state index is -0.0811.